The average molecular weight is 735 g/mol. The number of hydrogen-bond donors (Lipinski definition) is 1. The SMILES string of the molecule is C.N#CCBr.N#CCN1CCc2nc3cc(Br)ccn3c(=O)c2C1.O=c1c2c(nc3cc(Br)ccn13)CCNC2. The highest BCUT2D eigenvalue weighted by molar-refractivity contribution is 9.10. The van der Waals surface area contributed by atoms with Crippen molar-refractivity contribution in [2.75, 3.05) is 25.0 Å². The fraction of sp³-hybridized carbons (Fsp3) is 0.333. The van der Waals surface area contributed by atoms with Gasteiger partial charge in [0, 0.05) is 60.4 Å². The van der Waals surface area contributed by atoms with E-state index < -0.39 is 0 Å². The molecule has 0 saturated heterocycles. The number of alkyl halides is 1. The van der Waals surface area contributed by atoms with Crippen molar-refractivity contribution in [2.24, 2.45) is 0 Å². The maximum atomic E-state index is 12.4. The molecule has 6 heterocycles. The number of nitriles is 2. The van der Waals surface area contributed by atoms with Crippen LogP contribution < -0.4 is 16.4 Å². The molecule has 0 unspecified atom stereocenters. The van der Waals surface area contributed by atoms with Gasteiger partial charge in [-0.3, -0.25) is 23.3 Å². The summed E-state index contributed by atoms with van der Waals surface area (Å²) in [6, 6.07) is 11.3. The highest BCUT2D eigenvalue weighted by Gasteiger charge is 2.21. The molecule has 2 aliphatic heterocycles. The summed E-state index contributed by atoms with van der Waals surface area (Å²) in [6.45, 7) is 3.15. The fourth-order valence-electron chi connectivity index (χ4n) is 4.36. The van der Waals surface area contributed by atoms with Crippen molar-refractivity contribution in [3.8, 4) is 12.1 Å². The molecule has 40 heavy (non-hydrogen) atoms. The van der Waals surface area contributed by atoms with Crippen LogP contribution in [0.5, 0.6) is 0 Å². The van der Waals surface area contributed by atoms with Gasteiger partial charge in [-0.05, 0) is 24.3 Å². The average Bonchev–Trinajstić information content (AvgIpc) is 2.94. The monoisotopic (exact) mass is 732 g/mol. The predicted octanol–water partition coefficient (Wildman–Crippen LogP) is 3.98. The van der Waals surface area contributed by atoms with Gasteiger partial charge in [-0.15, -0.1) is 0 Å². The van der Waals surface area contributed by atoms with Crippen LogP contribution >= 0.6 is 47.8 Å². The number of nitrogens with zero attached hydrogens (tertiary/aromatic N) is 7. The van der Waals surface area contributed by atoms with E-state index in [-0.39, 0.29) is 18.5 Å². The summed E-state index contributed by atoms with van der Waals surface area (Å²) in [5.41, 5.74) is 4.67. The first-order chi connectivity index (χ1) is 18.9. The van der Waals surface area contributed by atoms with Gasteiger partial charge >= 0.3 is 0 Å². The van der Waals surface area contributed by atoms with E-state index in [1.54, 1.807) is 21.2 Å². The molecule has 0 bridgehead atoms. The van der Waals surface area contributed by atoms with E-state index in [0.717, 1.165) is 51.8 Å². The van der Waals surface area contributed by atoms with Crippen LogP contribution in [0, 0.1) is 22.7 Å². The quantitative estimate of drug-likeness (QED) is 0.230. The molecule has 2 aliphatic rings. The van der Waals surface area contributed by atoms with E-state index in [0.29, 0.717) is 41.8 Å². The topological polar surface area (TPSA) is 132 Å². The first-order valence-corrected chi connectivity index (χ1v) is 14.7. The second-order valence-electron chi connectivity index (χ2n) is 8.67. The molecule has 10 nitrogen and oxygen atoms in total. The van der Waals surface area contributed by atoms with Gasteiger partial charge in [0.15, 0.2) is 0 Å². The highest BCUT2D eigenvalue weighted by atomic mass is 79.9. The summed E-state index contributed by atoms with van der Waals surface area (Å²) in [4.78, 5) is 35.6. The molecule has 0 aromatic carbocycles. The lowest BCUT2D eigenvalue weighted by Gasteiger charge is -2.25. The summed E-state index contributed by atoms with van der Waals surface area (Å²) in [5, 5.41) is 20.0. The van der Waals surface area contributed by atoms with E-state index >= 15 is 0 Å². The maximum absolute atomic E-state index is 12.4. The Kier molecular flexibility index (Phi) is 11.5. The summed E-state index contributed by atoms with van der Waals surface area (Å²) in [5.74, 6) is 0. The second kappa shape index (κ2) is 14.6. The van der Waals surface area contributed by atoms with Gasteiger partial charge in [-0.25, -0.2) is 9.97 Å². The van der Waals surface area contributed by atoms with Crippen LogP contribution in [-0.2, 0) is 25.9 Å². The van der Waals surface area contributed by atoms with Gasteiger partial charge in [0.1, 0.15) is 11.3 Å². The van der Waals surface area contributed by atoms with Crippen molar-refractivity contribution in [1.29, 1.82) is 10.5 Å². The Bertz CT molecular complexity index is 1720. The molecule has 13 heteroatoms. The zero-order chi connectivity index (χ0) is 27.9. The third-order valence-corrected chi connectivity index (χ3v) is 7.42. The zero-order valence-electron chi connectivity index (χ0n) is 20.7. The van der Waals surface area contributed by atoms with E-state index in [1.165, 1.54) is 0 Å². The number of halogens is 3. The summed E-state index contributed by atoms with van der Waals surface area (Å²) in [6.07, 6.45) is 5.02. The van der Waals surface area contributed by atoms with E-state index in [9.17, 15) is 9.59 Å². The minimum Gasteiger partial charge on any atom is -0.312 e. The smallest absolute Gasteiger partial charge is 0.262 e. The van der Waals surface area contributed by atoms with Crippen LogP contribution in [-0.4, -0.2) is 48.6 Å². The lowest BCUT2D eigenvalue weighted by Crippen LogP contribution is -2.36. The maximum Gasteiger partial charge on any atom is 0.262 e. The number of nitrogens with one attached hydrogen (secondary N) is 1. The van der Waals surface area contributed by atoms with Gasteiger partial charge < -0.3 is 5.32 Å². The fourth-order valence-corrected chi connectivity index (χ4v) is 5.01. The molecule has 4 aromatic heterocycles. The van der Waals surface area contributed by atoms with Crippen molar-refractivity contribution in [3.05, 3.63) is 88.8 Å². The van der Waals surface area contributed by atoms with Gasteiger partial charge in [0.25, 0.3) is 11.1 Å². The standard InChI is InChI=1S/C13H11BrN4O.C11H10BrN3O.C2H2BrN.CH4/c14-9-1-5-18-12(7-9)16-11-2-4-17(6-3-15)8-10(11)13(18)19;12-7-2-4-15-10(5-7)14-9-1-3-13-6-8(9)11(15)16;3-1-2-4;/h1,5,7H,2,4,6,8H2;2,4-5,13H,1,3,6H2;1H2;1H4. The predicted molar refractivity (Wildman–Crippen MR) is 164 cm³/mol. The number of hydrogen-bond acceptors (Lipinski definition) is 8. The number of aromatic nitrogens is 4. The Morgan fingerprint density at radius 2 is 1.45 bits per heavy atom. The molecule has 0 amide bonds. The molecule has 1 N–H and O–H groups in total. The minimum absolute atomic E-state index is 0. The normalized spacial score (nSPS) is 13.7. The van der Waals surface area contributed by atoms with E-state index in [4.69, 9.17) is 10.5 Å². The summed E-state index contributed by atoms with van der Waals surface area (Å²) < 4.78 is 4.99. The van der Waals surface area contributed by atoms with Crippen LogP contribution in [0.4, 0.5) is 0 Å². The molecule has 6 rings (SSSR count). The van der Waals surface area contributed by atoms with Crippen molar-refractivity contribution < 1.29 is 0 Å². The van der Waals surface area contributed by atoms with Crippen molar-refractivity contribution >= 4 is 59.1 Å². The Labute approximate surface area is 256 Å². The van der Waals surface area contributed by atoms with Gasteiger partial charge in [-0.2, -0.15) is 10.5 Å². The molecule has 4 aromatic rings. The van der Waals surface area contributed by atoms with Crippen LogP contribution in [0.25, 0.3) is 11.3 Å². The van der Waals surface area contributed by atoms with Gasteiger partial charge in [-0.1, -0.05) is 55.2 Å². The van der Waals surface area contributed by atoms with Crippen molar-refractivity contribution in [2.45, 2.75) is 33.4 Å². The second-order valence-corrected chi connectivity index (χ2v) is 11.1. The third-order valence-electron chi connectivity index (χ3n) is 6.18. The number of rotatable bonds is 1. The third kappa shape index (κ3) is 7.22. The molecule has 0 saturated carbocycles. The molecule has 0 spiro atoms. The molecule has 0 aliphatic carbocycles. The molecular formula is C27H27Br3N8O2. The van der Waals surface area contributed by atoms with E-state index in [1.807, 2.05) is 35.2 Å². The van der Waals surface area contributed by atoms with Gasteiger partial charge in [0.2, 0.25) is 0 Å². The first kappa shape index (κ1) is 31.6. The first-order valence-electron chi connectivity index (χ1n) is 12.0. The molecule has 0 radical (unpaired) electrons. The minimum atomic E-state index is -0.0323. The van der Waals surface area contributed by atoms with Crippen LogP contribution in [0.3, 0.4) is 0 Å². The zero-order valence-corrected chi connectivity index (χ0v) is 25.5. The molecule has 0 atom stereocenters. The van der Waals surface area contributed by atoms with Crippen LogP contribution in [0.1, 0.15) is 29.9 Å². The summed E-state index contributed by atoms with van der Waals surface area (Å²) in [7, 11) is 0. The van der Waals surface area contributed by atoms with Gasteiger partial charge in [0.05, 0.1) is 46.5 Å². The molecule has 0 fully saturated rings. The Hall–Kier alpha value is -2.94. The molecule has 208 valence electrons. The Morgan fingerprint density at radius 1 is 0.900 bits per heavy atom. The lowest BCUT2D eigenvalue weighted by molar-refractivity contribution is 0.280. The Balaban J connectivity index is 0.000000192. The number of fused-ring (bicyclic) bond motifs is 4. The van der Waals surface area contributed by atoms with Crippen molar-refractivity contribution in [3.63, 3.8) is 0 Å². The highest BCUT2D eigenvalue weighted by Crippen LogP contribution is 2.17. The molecular weight excluding hydrogens is 708 g/mol. The van der Waals surface area contributed by atoms with Crippen LogP contribution in [0.15, 0.2) is 55.2 Å². The lowest BCUT2D eigenvalue weighted by atomic mass is 10.1. The largest absolute Gasteiger partial charge is 0.312 e. The summed E-state index contributed by atoms with van der Waals surface area (Å²) >= 11 is 9.66. The van der Waals surface area contributed by atoms with Crippen LogP contribution in [0.2, 0.25) is 0 Å². The number of pyridine rings is 2. The van der Waals surface area contributed by atoms with E-state index in [2.05, 4.69) is 69.1 Å². The van der Waals surface area contributed by atoms with Crippen molar-refractivity contribution in [1.82, 2.24) is 29.0 Å². The Morgan fingerprint density at radius 3 is 2.00 bits per heavy atom.